The maximum atomic E-state index is 12.3. The Kier molecular flexibility index (Phi) is 7.80. The van der Waals surface area contributed by atoms with Crippen LogP contribution in [0.4, 0.5) is 5.69 Å². The fraction of sp³-hybridized carbons (Fsp3) is 0.381. The van der Waals surface area contributed by atoms with Crippen molar-refractivity contribution >= 4 is 11.6 Å². The quantitative estimate of drug-likeness (QED) is 0.682. The van der Waals surface area contributed by atoms with Crippen LogP contribution in [0.1, 0.15) is 32.3 Å². The zero-order chi connectivity index (χ0) is 18.8. The molecule has 140 valence electrons. The topological polar surface area (TPSA) is 56.8 Å². The van der Waals surface area contributed by atoms with Crippen LogP contribution in [-0.2, 0) is 11.2 Å². The van der Waals surface area contributed by atoms with E-state index in [0.717, 1.165) is 24.2 Å². The zero-order valence-electron chi connectivity index (χ0n) is 15.7. The molecular weight excluding hydrogens is 330 g/mol. The summed E-state index contributed by atoms with van der Waals surface area (Å²) in [4.78, 5) is 12.3. The third-order valence-electron chi connectivity index (χ3n) is 3.67. The Morgan fingerprint density at radius 1 is 0.923 bits per heavy atom. The van der Waals surface area contributed by atoms with Gasteiger partial charge in [-0.1, -0.05) is 26.0 Å². The molecule has 0 spiro atoms. The van der Waals surface area contributed by atoms with Gasteiger partial charge in [0.15, 0.2) is 11.5 Å². The van der Waals surface area contributed by atoms with Crippen molar-refractivity contribution < 1.29 is 19.0 Å². The molecule has 0 aromatic heterocycles. The van der Waals surface area contributed by atoms with E-state index in [1.807, 2.05) is 49.4 Å². The Bertz CT molecular complexity index is 698. The Morgan fingerprint density at radius 3 is 2.19 bits per heavy atom. The van der Waals surface area contributed by atoms with Gasteiger partial charge in [-0.2, -0.15) is 0 Å². The Hall–Kier alpha value is -2.69. The largest absolute Gasteiger partial charge is 0.497 e. The number of anilines is 1. The van der Waals surface area contributed by atoms with Gasteiger partial charge < -0.3 is 19.5 Å². The number of hydrogen-bond donors (Lipinski definition) is 1. The van der Waals surface area contributed by atoms with Gasteiger partial charge in [-0.25, -0.2) is 0 Å². The maximum absolute atomic E-state index is 12.3. The number of amides is 1. The second-order valence-electron chi connectivity index (χ2n) is 5.93. The molecule has 2 rings (SSSR count). The van der Waals surface area contributed by atoms with Crippen molar-refractivity contribution in [1.82, 2.24) is 0 Å². The molecule has 0 atom stereocenters. The SMILES string of the molecule is CCCOc1ccc(NC(=O)Cc2ccc(OC)cc2)cc1OCCC. The molecule has 2 aromatic rings. The van der Waals surface area contributed by atoms with E-state index in [-0.39, 0.29) is 5.91 Å². The van der Waals surface area contributed by atoms with Crippen LogP contribution in [0.2, 0.25) is 0 Å². The lowest BCUT2D eigenvalue weighted by molar-refractivity contribution is -0.115. The molecule has 5 heteroatoms. The summed E-state index contributed by atoms with van der Waals surface area (Å²) in [7, 11) is 1.62. The van der Waals surface area contributed by atoms with Gasteiger partial charge in [0.2, 0.25) is 5.91 Å². The second-order valence-corrected chi connectivity index (χ2v) is 5.93. The van der Waals surface area contributed by atoms with Gasteiger partial charge in [-0.15, -0.1) is 0 Å². The average Bonchev–Trinajstić information content (AvgIpc) is 2.66. The Balaban J connectivity index is 2.03. The lowest BCUT2D eigenvalue weighted by Gasteiger charge is -2.14. The van der Waals surface area contributed by atoms with Crippen LogP contribution in [0.15, 0.2) is 42.5 Å². The van der Waals surface area contributed by atoms with Crippen molar-refractivity contribution in [1.29, 1.82) is 0 Å². The molecule has 0 radical (unpaired) electrons. The Morgan fingerprint density at radius 2 is 1.58 bits per heavy atom. The second kappa shape index (κ2) is 10.3. The van der Waals surface area contributed by atoms with Gasteiger partial charge in [-0.05, 0) is 42.7 Å². The van der Waals surface area contributed by atoms with Gasteiger partial charge in [0.25, 0.3) is 0 Å². The fourth-order valence-corrected chi connectivity index (χ4v) is 2.38. The molecule has 0 saturated heterocycles. The van der Waals surface area contributed by atoms with Gasteiger partial charge in [0, 0.05) is 11.8 Å². The highest BCUT2D eigenvalue weighted by atomic mass is 16.5. The van der Waals surface area contributed by atoms with Crippen LogP contribution < -0.4 is 19.5 Å². The first-order chi connectivity index (χ1) is 12.7. The first kappa shape index (κ1) is 19.6. The molecule has 0 aliphatic heterocycles. The third kappa shape index (κ3) is 5.99. The highest BCUT2D eigenvalue weighted by molar-refractivity contribution is 5.92. The molecule has 0 unspecified atom stereocenters. The number of ether oxygens (including phenoxy) is 3. The minimum atomic E-state index is -0.0844. The number of carbonyl (C=O) groups excluding carboxylic acids is 1. The monoisotopic (exact) mass is 357 g/mol. The van der Waals surface area contributed by atoms with E-state index >= 15 is 0 Å². The predicted octanol–water partition coefficient (Wildman–Crippen LogP) is 4.45. The third-order valence-corrected chi connectivity index (χ3v) is 3.67. The zero-order valence-corrected chi connectivity index (χ0v) is 15.7. The van der Waals surface area contributed by atoms with E-state index in [2.05, 4.69) is 12.2 Å². The van der Waals surface area contributed by atoms with Crippen LogP contribution in [0, 0.1) is 0 Å². The lowest BCUT2D eigenvalue weighted by Crippen LogP contribution is -2.14. The molecular formula is C21H27NO4. The van der Waals surface area contributed by atoms with E-state index < -0.39 is 0 Å². The minimum absolute atomic E-state index is 0.0844. The van der Waals surface area contributed by atoms with E-state index in [4.69, 9.17) is 14.2 Å². The molecule has 0 aliphatic rings. The summed E-state index contributed by atoms with van der Waals surface area (Å²) >= 11 is 0. The summed E-state index contributed by atoms with van der Waals surface area (Å²) in [5.74, 6) is 2.05. The number of nitrogens with one attached hydrogen (secondary N) is 1. The van der Waals surface area contributed by atoms with Gasteiger partial charge >= 0.3 is 0 Å². The number of methoxy groups -OCH3 is 1. The molecule has 0 aliphatic carbocycles. The molecule has 1 amide bonds. The summed E-state index contributed by atoms with van der Waals surface area (Å²) in [5.41, 5.74) is 1.62. The smallest absolute Gasteiger partial charge is 0.228 e. The van der Waals surface area contributed by atoms with Crippen LogP contribution >= 0.6 is 0 Å². The lowest BCUT2D eigenvalue weighted by atomic mass is 10.1. The number of carbonyl (C=O) groups is 1. The first-order valence-electron chi connectivity index (χ1n) is 8.98. The van der Waals surface area contributed by atoms with Crippen LogP contribution in [-0.4, -0.2) is 26.2 Å². The van der Waals surface area contributed by atoms with Gasteiger partial charge in [-0.3, -0.25) is 4.79 Å². The molecule has 0 fully saturated rings. The molecule has 2 aromatic carbocycles. The summed E-state index contributed by atoms with van der Waals surface area (Å²) in [5, 5.41) is 2.91. The van der Waals surface area contributed by atoms with Gasteiger partial charge in [0.1, 0.15) is 5.75 Å². The molecule has 0 saturated carbocycles. The van der Waals surface area contributed by atoms with E-state index in [1.165, 1.54) is 0 Å². The van der Waals surface area contributed by atoms with Gasteiger partial charge in [0.05, 0.1) is 26.7 Å². The first-order valence-corrected chi connectivity index (χ1v) is 8.98. The molecule has 26 heavy (non-hydrogen) atoms. The summed E-state index contributed by atoms with van der Waals surface area (Å²) < 4.78 is 16.6. The summed E-state index contributed by atoms with van der Waals surface area (Å²) in [6, 6.07) is 12.9. The van der Waals surface area contributed by atoms with E-state index in [0.29, 0.717) is 36.8 Å². The van der Waals surface area contributed by atoms with E-state index in [1.54, 1.807) is 7.11 Å². The van der Waals surface area contributed by atoms with Crippen LogP contribution in [0.25, 0.3) is 0 Å². The number of rotatable bonds is 10. The Labute approximate surface area is 155 Å². The molecule has 0 bridgehead atoms. The highest BCUT2D eigenvalue weighted by Gasteiger charge is 2.10. The van der Waals surface area contributed by atoms with Crippen molar-refractivity contribution in [3.63, 3.8) is 0 Å². The van der Waals surface area contributed by atoms with Crippen molar-refractivity contribution in [2.75, 3.05) is 25.6 Å². The summed E-state index contributed by atoms with van der Waals surface area (Å²) in [6.07, 6.45) is 2.12. The highest BCUT2D eigenvalue weighted by Crippen LogP contribution is 2.31. The average molecular weight is 357 g/mol. The predicted molar refractivity (Wildman–Crippen MR) is 103 cm³/mol. The normalized spacial score (nSPS) is 10.3. The molecule has 5 nitrogen and oxygen atoms in total. The van der Waals surface area contributed by atoms with Crippen LogP contribution in [0.5, 0.6) is 17.2 Å². The van der Waals surface area contributed by atoms with Crippen molar-refractivity contribution in [2.24, 2.45) is 0 Å². The van der Waals surface area contributed by atoms with Crippen LogP contribution in [0.3, 0.4) is 0 Å². The maximum Gasteiger partial charge on any atom is 0.228 e. The minimum Gasteiger partial charge on any atom is -0.497 e. The number of benzene rings is 2. The standard InChI is InChI=1S/C21H27NO4/c1-4-12-25-19-11-8-17(15-20(19)26-13-5-2)22-21(23)14-16-6-9-18(24-3)10-7-16/h6-11,15H,4-5,12-14H2,1-3H3,(H,22,23). The van der Waals surface area contributed by atoms with Crippen molar-refractivity contribution in [3.8, 4) is 17.2 Å². The molecule has 0 heterocycles. The molecule has 1 N–H and O–H groups in total. The number of hydrogen-bond acceptors (Lipinski definition) is 4. The van der Waals surface area contributed by atoms with E-state index in [9.17, 15) is 4.79 Å². The van der Waals surface area contributed by atoms with Crippen molar-refractivity contribution in [2.45, 2.75) is 33.1 Å². The summed E-state index contributed by atoms with van der Waals surface area (Å²) in [6.45, 7) is 5.34. The fourth-order valence-electron chi connectivity index (χ4n) is 2.38. The van der Waals surface area contributed by atoms with Crippen molar-refractivity contribution in [3.05, 3.63) is 48.0 Å².